The first-order valence-electron chi connectivity index (χ1n) is 6.32. The summed E-state index contributed by atoms with van der Waals surface area (Å²) in [7, 11) is -3.83. The molecule has 0 atom stereocenters. The van der Waals surface area contributed by atoms with E-state index in [1.54, 1.807) is 24.4 Å². The van der Waals surface area contributed by atoms with Crippen LogP contribution in [0.5, 0.6) is 0 Å². The Morgan fingerprint density at radius 2 is 2.10 bits per heavy atom. The Morgan fingerprint density at radius 3 is 2.71 bits per heavy atom. The monoisotopic (exact) mass is 309 g/mol. The van der Waals surface area contributed by atoms with E-state index in [4.69, 9.17) is 5.73 Å². The molecule has 0 aliphatic rings. The topological polar surface area (TPSA) is 85.1 Å². The second kappa shape index (κ2) is 6.30. The Balaban J connectivity index is 2.29. The minimum Gasteiger partial charge on any atom is -0.326 e. The third-order valence-electron chi connectivity index (χ3n) is 3.05. The minimum absolute atomic E-state index is 0.0388. The number of hydrogen-bond donors (Lipinski definition) is 2. The van der Waals surface area contributed by atoms with E-state index in [2.05, 4.69) is 9.71 Å². The van der Waals surface area contributed by atoms with E-state index in [1.165, 1.54) is 19.1 Å². The molecule has 0 saturated carbocycles. The molecule has 1 heterocycles. The number of aromatic nitrogens is 1. The van der Waals surface area contributed by atoms with Crippen molar-refractivity contribution in [3.63, 3.8) is 0 Å². The van der Waals surface area contributed by atoms with Crippen molar-refractivity contribution < 1.29 is 12.8 Å². The number of rotatable bonds is 5. The zero-order chi connectivity index (χ0) is 15.5. The van der Waals surface area contributed by atoms with Crippen molar-refractivity contribution in [1.29, 1.82) is 0 Å². The lowest BCUT2D eigenvalue weighted by molar-refractivity contribution is 0.573. The Morgan fingerprint density at radius 1 is 1.33 bits per heavy atom. The van der Waals surface area contributed by atoms with Gasteiger partial charge in [-0.25, -0.2) is 17.5 Å². The fourth-order valence-electron chi connectivity index (χ4n) is 1.85. The molecule has 0 saturated heterocycles. The van der Waals surface area contributed by atoms with Gasteiger partial charge in [0, 0.05) is 18.3 Å². The summed E-state index contributed by atoms with van der Waals surface area (Å²) in [4.78, 5) is 3.93. The summed E-state index contributed by atoms with van der Waals surface area (Å²) in [5.41, 5.74) is 6.53. The lowest BCUT2D eigenvalue weighted by atomic mass is 10.1. The van der Waals surface area contributed by atoms with Gasteiger partial charge in [-0.3, -0.25) is 4.98 Å². The van der Waals surface area contributed by atoms with E-state index in [0.29, 0.717) is 11.3 Å². The molecule has 0 bridgehead atoms. The molecular formula is C14H16FN3O2S. The van der Waals surface area contributed by atoms with Crippen molar-refractivity contribution in [3.8, 4) is 0 Å². The predicted molar refractivity (Wildman–Crippen MR) is 77.3 cm³/mol. The fraction of sp³-hybridized carbons (Fsp3) is 0.214. The van der Waals surface area contributed by atoms with E-state index in [0.717, 1.165) is 0 Å². The molecule has 5 nitrogen and oxygen atoms in total. The van der Waals surface area contributed by atoms with Gasteiger partial charge in [0.15, 0.2) is 0 Å². The van der Waals surface area contributed by atoms with E-state index in [-0.39, 0.29) is 23.5 Å². The Labute approximate surface area is 123 Å². The highest BCUT2D eigenvalue weighted by molar-refractivity contribution is 7.89. The molecule has 0 spiro atoms. The molecule has 1 aromatic heterocycles. The summed E-state index contributed by atoms with van der Waals surface area (Å²) in [6.45, 7) is 1.53. The smallest absolute Gasteiger partial charge is 0.241 e. The number of halogens is 1. The Hall–Kier alpha value is -1.83. The highest BCUT2D eigenvalue weighted by Gasteiger charge is 2.20. The van der Waals surface area contributed by atoms with Crippen LogP contribution in [0.25, 0.3) is 0 Å². The average molecular weight is 309 g/mol. The van der Waals surface area contributed by atoms with Crippen molar-refractivity contribution in [1.82, 2.24) is 9.71 Å². The van der Waals surface area contributed by atoms with Crippen LogP contribution in [0.2, 0.25) is 0 Å². The van der Waals surface area contributed by atoms with E-state index in [9.17, 15) is 12.8 Å². The lowest BCUT2D eigenvalue weighted by Gasteiger charge is -2.11. The highest BCUT2D eigenvalue weighted by Crippen LogP contribution is 2.20. The van der Waals surface area contributed by atoms with Crippen LogP contribution in [0.1, 0.15) is 16.8 Å². The van der Waals surface area contributed by atoms with Crippen LogP contribution >= 0.6 is 0 Å². The van der Waals surface area contributed by atoms with Crippen LogP contribution in [0, 0.1) is 12.7 Å². The van der Waals surface area contributed by atoms with Crippen molar-refractivity contribution in [3.05, 3.63) is 59.2 Å². The van der Waals surface area contributed by atoms with Gasteiger partial charge < -0.3 is 5.73 Å². The summed E-state index contributed by atoms with van der Waals surface area (Å²) in [6, 6.07) is 7.83. The van der Waals surface area contributed by atoms with Gasteiger partial charge in [0.25, 0.3) is 0 Å². The molecule has 0 aliphatic carbocycles. The number of nitrogens with zero attached hydrogens (tertiary/aromatic N) is 1. The molecule has 3 N–H and O–H groups in total. The number of hydrogen-bond acceptors (Lipinski definition) is 4. The SMILES string of the molecule is Cc1c(F)cc(CN)cc1S(=O)(=O)NCc1ccccn1. The van der Waals surface area contributed by atoms with Gasteiger partial charge in [-0.05, 0) is 36.8 Å². The number of nitrogens with two attached hydrogens (primary N) is 1. The minimum atomic E-state index is -3.83. The molecule has 0 radical (unpaired) electrons. The summed E-state index contributed by atoms with van der Waals surface area (Å²) in [5.74, 6) is -0.587. The second-order valence-corrected chi connectivity index (χ2v) is 6.29. The first-order chi connectivity index (χ1) is 9.94. The van der Waals surface area contributed by atoms with Crippen molar-refractivity contribution in [2.75, 3.05) is 0 Å². The van der Waals surface area contributed by atoms with Gasteiger partial charge in [-0.1, -0.05) is 6.07 Å². The van der Waals surface area contributed by atoms with Gasteiger partial charge >= 0.3 is 0 Å². The quantitative estimate of drug-likeness (QED) is 0.876. The van der Waals surface area contributed by atoms with Crippen LogP contribution in [0.4, 0.5) is 4.39 Å². The molecular weight excluding hydrogens is 293 g/mol. The fourth-order valence-corrected chi connectivity index (χ4v) is 3.15. The average Bonchev–Trinajstić information content (AvgIpc) is 2.48. The number of sulfonamides is 1. The van der Waals surface area contributed by atoms with Crippen LogP contribution < -0.4 is 10.5 Å². The molecule has 21 heavy (non-hydrogen) atoms. The molecule has 0 amide bonds. The Kier molecular flexibility index (Phi) is 4.66. The second-order valence-electron chi connectivity index (χ2n) is 4.55. The molecule has 112 valence electrons. The maximum atomic E-state index is 13.8. The summed E-state index contributed by atoms with van der Waals surface area (Å²) >= 11 is 0. The Bertz CT molecular complexity index is 733. The van der Waals surface area contributed by atoms with Gasteiger partial charge in [0.1, 0.15) is 5.82 Å². The molecule has 0 unspecified atom stereocenters. The van der Waals surface area contributed by atoms with Gasteiger partial charge in [-0.2, -0.15) is 0 Å². The third kappa shape index (κ3) is 3.63. The zero-order valence-corrected chi connectivity index (χ0v) is 12.3. The number of nitrogens with one attached hydrogen (secondary N) is 1. The largest absolute Gasteiger partial charge is 0.326 e. The molecule has 0 fully saturated rings. The normalized spacial score (nSPS) is 11.6. The third-order valence-corrected chi connectivity index (χ3v) is 4.58. The van der Waals surface area contributed by atoms with Crippen molar-refractivity contribution in [2.45, 2.75) is 24.9 Å². The molecule has 2 aromatic rings. The van der Waals surface area contributed by atoms with E-state index >= 15 is 0 Å². The number of benzene rings is 1. The molecule has 7 heteroatoms. The van der Waals surface area contributed by atoms with Crippen molar-refractivity contribution >= 4 is 10.0 Å². The standard InChI is InChI=1S/C14H16FN3O2S/c1-10-13(15)6-11(8-16)7-14(10)21(19,20)18-9-12-4-2-3-5-17-12/h2-7,18H,8-9,16H2,1H3. The van der Waals surface area contributed by atoms with E-state index in [1.807, 2.05) is 0 Å². The summed E-state index contributed by atoms with van der Waals surface area (Å²) in [6.07, 6.45) is 1.57. The number of pyridine rings is 1. The van der Waals surface area contributed by atoms with Crippen molar-refractivity contribution in [2.24, 2.45) is 5.73 Å². The maximum absolute atomic E-state index is 13.8. The highest BCUT2D eigenvalue weighted by atomic mass is 32.2. The summed E-state index contributed by atoms with van der Waals surface area (Å²) in [5, 5.41) is 0. The first kappa shape index (κ1) is 15.6. The predicted octanol–water partition coefficient (Wildman–Crippen LogP) is 1.47. The lowest BCUT2D eigenvalue weighted by Crippen LogP contribution is -2.25. The van der Waals surface area contributed by atoms with Gasteiger partial charge in [0.2, 0.25) is 10.0 Å². The van der Waals surface area contributed by atoms with Crippen LogP contribution in [0.15, 0.2) is 41.4 Å². The van der Waals surface area contributed by atoms with Crippen LogP contribution in [0.3, 0.4) is 0 Å². The first-order valence-corrected chi connectivity index (χ1v) is 7.81. The summed E-state index contributed by atoms with van der Waals surface area (Å²) < 4.78 is 40.8. The zero-order valence-electron chi connectivity index (χ0n) is 11.5. The van der Waals surface area contributed by atoms with Crippen LogP contribution in [-0.2, 0) is 23.1 Å². The maximum Gasteiger partial charge on any atom is 0.241 e. The molecule has 2 rings (SSSR count). The molecule has 1 aromatic carbocycles. The van der Waals surface area contributed by atoms with Gasteiger partial charge in [-0.15, -0.1) is 0 Å². The molecule has 0 aliphatic heterocycles. The van der Waals surface area contributed by atoms with Crippen LogP contribution in [-0.4, -0.2) is 13.4 Å². The van der Waals surface area contributed by atoms with Gasteiger partial charge in [0.05, 0.1) is 17.1 Å². The van der Waals surface area contributed by atoms with E-state index < -0.39 is 15.8 Å².